The Bertz CT molecular complexity index is 425. The summed E-state index contributed by atoms with van der Waals surface area (Å²) in [7, 11) is 0. The van der Waals surface area contributed by atoms with E-state index < -0.39 is 0 Å². The second-order valence-electron chi connectivity index (χ2n) is 5.31. The van der Waals surface area contributed by atoms with Gasteiger partial charge in [0.25, 0.3) is 0 Å². The van der Waals surface area contributed by atoms with Gasteiger partial charge < -0.3 is 0 Å². The maximum absolute atomic E-state index is 11.8. The van der Waals surface area contributed by atoms with E-state index >= 15 is 0 Å². The van der Waals surface area contributed by atoms with Crippen LogP contribution in [0.2, 0.25) is 0 Å². The Hall–Kier alpha value is -1.36. The van der Waals surface area contributed by atoms with Gasteiger partial charge >= 0.3 is 0 Å². The summed E-state index contributed by atoms with van der Waals surface area (Å²) in [6.45, 7) is 0. The first-order valence-electron chi connectivity index (χ1n) is 7.37. The Kier molecular flexibility index (Phi) is 6.05. The summed E-state index contributed by atoms with van der Waals surface area (Å²) >= 11 is 1.71. The van der Waals surface area contributed by atoms with Gasteiger partial charge in [0.15, 0.2) is 0 Å². The molecule has 0 spiro atoms. The van der Waals surface area contributed by atoms with E-state index in [9.17, 15) is 9.59 Å². The highest BCUT2D eigenvalue weighted by Gasteiger charge is 2.21. The lowest BCUT2D eigenvalue weighted by Crippen LogP contribution is -2.44. The minimum Gasteiger partial charge on any atom is -0.273 e. The number of rotatable bonds is 5. The number of hydrogen-bond acceptors (Lipinski definition) is 3. The SMILES string of the molecule is O=C(CCCc1cccs1)NNC(=O)C1CCCCC1. The Morgan fingerprint density at radius 2 is 2.00 bits per heavy atom. The van der Waals surface area contributed by atoms with E-state index in [0.29, 0.717) is 6.42 Å². The lowest BCUT2D eigenvalue weighted by molar-refractivity contribution is -0.131. The quantitative estimate of drug-likeness (QED) is 0.820. The van der Waals surface area contributed by atoms with Gasteiger partial charge in [0.2, 0.25) is 11.8 Å². The average molecular weight is 294 g/mol. The number of thiophene rings is 1. The molecule has 4 nitrogen and oxygen atoms in total. The van der Waals surface area contributed by atoms with Crippen molar-refractivity contribution in [3.05, 3.63) is 22.4 Å². The Balaban J connectivity index is 1.58. The molecule has 5 heteroatoms. The third-order valence-corrected chi connectivity index (χ3v) is 4.64. The van der Waals surface area contributed by atoms with Crippen molar-refractivity contribution in [3.63, 3.8) is 0 Å². The zero-order valence-corrected chi connectivity index (χ0v) is 12.5. The lowest BCUT2D eigenvalue weighted by atomic mass is 9.89. The number of amides is 2. The van der Waals surface area contributed by atoms with E-state index in [1.807, 2.05) is 11.4 Å². The van der Waals surface area contributed by atoms with Gasteiger partial charge in [0.1, 0.15) is 0 Å². The van der Waals surface area contributed by atoms with E-state index in [4.69, 9.17) is 0 Å². The predicted molar refractivity (Wildman–Crippen MR) is 80.1 cm³/mol. The summed E-state index contributed by atoms with van der Waals surface area (Å²) < 4.78 is 0. The van der Waals surface area contributed by atoms with Crippen LogP contribution in [-0.2, 0) is 16.0 Å². The van der Waals surface area contributed by atoms with Crippen LogP contribution in [0.3, 0.4) is 0 Å². The van der Waals surface area contributed by atoms with Crippen LogP contribution in [0.15, 0.2) is 17.5 Å². The van der Waals surface area contributed by atoms with Crippen molar-refractivity contribution >= 4 is 23.2 Å². The molecule has 1 fully saturated rings. The normalized spacial score (nSPS) is 15.8. The second-order valence-corrected chi connectivity index (χ2v) is 6.34. The predicted octanol–water partition coefficient (Wildman–Crippen LogP) is 2.80. The number of carbonyl (C=O) groups is 2. The van der Waals surface area contributed by atoms with Gasteiger partial charge in [0.05, 0.1) is 0 Å². The van der Waals surface area contributed by atoms with Crippen molar-refractivity contribution < 1.29 is 9.59 Å². The minimum absolute atomic E-state index is 0.0312. The van der Waals surface area contributed by atoms with Crippen molar-refractivity contribution in [2.45, 2.75) is 51.4 Å². The van der Waals surface area contributed by atoms with Crippen LogP contribution >= 0.6 is 11.3 Å². The van der Waals surface area contributed by atoms with Crippen molar-refractivity contribution in [1.82, 2.24) is 10.9 Å². The molecular weight excluding hydrogens is 272 g/mol. The van der Waals surface area contributed by atoms with Crippen molar-refractivity contribution in [3.8, 4) is 0 Å². The van der Waals surface area contributed by atoms with Gasteiger partial charge in [-0.2, -0.15) is 0 Å². The molecule has 20 heavy (non-hydrogen) atoms. The average Bonchev–Trinajstić information content (AvgIpc) is 2.99. The molecule has 0 radical (unpaired) electrons. The molecule has 0 atom stereocenters. The molecular formula is C15H22N2O2S. The van der Waals surface area contributed by atoms with Gasteiger partial charge in [-0.3, -0.25) is 20.4 Å². The number of nitrogens with one attached hydrogen (secondary N) is 2. The molecule has 2 N–H and O–H groups in total. The molecule has 1 aromatic rings. The molecule has 2 rings (SSSR count). The highest BCUT2D eigenvalue weighted by atomic mass is 32.1. The minimum atomic E-state index is -0.106. The lowest BCUT2D eigenvalue weighted by Gasteiger charge is -2.20. The van der Waals surface area contributed by atoms with Crippen LogP contribution in [0, 0.1) is 5.92 Å². The molecule has 0 bridgehead atoms. The summed E-state index contributed by atoms with van der Waals surface area (Å²) in [6.07, 6.45) is 7.52. The fourth-order valence-electron chi connectivity index (χ4n) is 2.54. The maximum Gasteiger partial charge on any atom is 0.241 e. The number of hydrazine groups is 1. The van der Waals surface area contributed by atoms with Crippen molar-refractivity contribution in [2.24, 2.45) is 5.92 Å². The summed E-state index contributed by atoms with van der Waals surface area (Å²) in [6, 6.07) is 4.10. The van der Waals surface area contributed by atoms with Crippen LogP contribution in [0.5, 0.6) is 0 Å². The van der Waals surface area contributed by atoms with Gasteiger partial charge in [0, 0.05) is 17.2 Å². The van der Waals surface area contributed by atoms with E-state index in [-0.39, 0.29) is 17.7 Å². The van der Waals surface area contributed by atoms with Crippen LogP contribution in [0.1, 0.15) is 49.8 Å². The van der Waals surface area contributed by atoms with E-state index in [1.165, 1.54) is 11.3 Å². The third-order valence-electron chi connectivity index (χ3n) is 3.71. The molecule has 1 saturated carbocycles. The highest BCUT2D eigenvalue weighted by Crippen LogP contribution is 2.23. The molecule has 0 aromatic carbocycles. The fourth-order valence-corrected chi connectivity index (χ4v) is 3.29. The van der Waals surface area contributed by atoms with Crippen LogP contribution < -0.4 is 10.9 Å². The largest absolute Gasteiger partial charge is 0.273 e. The van der Waals surface area contributed by atoms with Crippen molar-refractivity contribution in [1.29, 1.82) is 0 Å². The molecule has 1 aliphatic carbocycles. The first-order valence-corrected chi connectivity index (χ1v) is 8.25. The standard InChI is InChI=1S/C15H22N2O2S/c18-14(10-4-8-13-9-5-11-20-13)16-17-15(19)12-6-2-1-3-7-12/h5,9,11-12H,1-4,6-8,10H2,(H,16,18)(H,17,19). The zero-order valence-electron chi connectivity index (χ0n) is 11.7. The number of carbonyl (C=O) groups excluding carboxylic acids is 2. The van der Waals surface area contributed by atoms with Crippen LogP contribution in [0.4, 0.5) is 0 Å². The first-order chi connectivity index (χ1) is 9.75. The summed E-state index contributed by atoms with van der Waals surface area (Å²) in [5.74, 6) is -0.0582. The van der Waals surface area contributed by atoms with E-state index in [0.717, 1.165) is 38.5 Å². The molecule has 0 unspecified atom stereocenters. The van der Waals surface area contributed by atoms with E-state index in [2.05, 4.69) is 16.9 Å². The van der Waals surface area contributed by atoms with Gasteiger partial charge in [-0.15, -0.1) is 11.3 Å². The monoisotopic (exact) mass is 294 g/mol. The maximum atomic E-state index is 11.8. The molecule has 110 valence electrons. The van der Waals surface area contributed by atoms with Crippen LogP contribution in [-0.4, -0.2) is 11.8 Å². The molecule has 0 saturated heterocycles. The number of hydrogen-bond donors (Lipinski definition) is 2. The fraction of sp³-hybridized carbons (Fsp3) is 0.600. The Labute approximate surface area is 123 Å². The van der Waals surface area contributed by atoms with Gasteiger partial charge in [-0.25, -0.2) is 0 Å². The summed E-state index contributed by atoms with van der Waals surface area (Å²) in [5, 5.41) is 2.04. The summed E-state index contributed by atoms with van der Waals surface area (Å²) in [5.41, 5.74) is 5.08. The Morgan fingerprint density at radius 1 is 1.20 bits per heavy atom. The van der Waals surface area contributed by atoms with Crippen LogP contribution in [0.25, 0.3) is 0 Å². The molecule has 0 aliphatic heterocycles. The molecule has 1 aromatic heterocycles. The summed E-state index contributed by atoms with van der Waals surface area (Å²) in [4.78, 5) is 24.8. The third kappa shape index (κ3) is 4.96. The van der Waals surface area contributed by atoms with Gasteiger partial charge in [-0.1, -0.05) is 25.3 Å². The highest BCUT2D eigenvalue weighted by molar-refractivity contribution is 7.09. The van der Waals surface area contributed by atoms with Gasteiger partial charge in [-0.05, 0) is 37.1 Å². The second kappa shape index (κ2) is 8.04. The molecule has 1 aliphatic rings. The topological polar surface area (TPSA) is 58.2 Å². The molecule has 2 amide bonds. The smallest absolute Gasteiger partial charge is 0.241 e. The number of aryl methyl sites for hydroxylation is 1. The van der Waals surface area contributed by atoms with E-state index in [1.54, 1.807) is 11.3 Å². The Morgan fingerprint density at radius 3 is 2.70 bits per heavy atom. The zero-order chi connectivity index (χ0) is 14.2. The first kappa shape index (κ1) is 15.0. The van der Waals surface area contributed by atoms with Crippen molar-refractivity contribution in [2.75, 3.05) is 0 Å². The molecule has 1 heterocycles.